The highest BCUT2D eigenvalue weighted by atomic mass is 28.3. The van der Waals surface area contributed by atoms with Gasteiger partial charge >= 0.3 is 5.97 Å². The smallest absolute Gasteiger partial charge is 0.339 e. The molecule has 24 heavy (non-hydrogen) atoms. The second kappa shape index (κ2) is 5.93. The molecule has 1 aliphatic heterocycles. The Hall–Kier alpha value is -0.696. The predicted octanol–water partition coefficient (Wildman–Crippen LogP) is 3.92. The zero-order valence-electron chi connectivity index (χ0n) is 16.6. The van der Waals surface area contributed by atoms with Crippen molar-refractivity contribution in [2.45, 2.75) is 58.9 Å². The summed E-state index contributed by atoms with van der Waals surface area (Å²) in [5.74, 6) is -1.36. The lowest BCUT2D eigenvalue weighted by Gasteiger charge is -2.46. The molecule has 1 aliphatic carbocycles. The van der Waals surface area contributed by atoms with Crippen LogP contribution >= 0.6 is 0 Å². The van der Waals surface area contributed by atoms with E-state index in [9.17, 15) is 4.79 Å². The average Bonchev–Trinajstić information content (AvgIpc) is 2.77. The summed E-state index contributed by atoms with van der Waals surface area (Å²) in [6, 6.07) is 0. The molecule has 136 valence electrons. The fourth-order valence-electron chi connectivity index (χ4n) is 3.25. The van der Waals surface area contributed by atoms with Crippen molar-refractivity contribution in [2.24, 2.45) is 5.41 Å². The summed E-state index contributed by atoms with van der Waals surface area (Å²) in [7, 11) is -2.10. The van der Waals surface area contributed by atoms with Crippen LogP contribution in [0.2, 0.25) is 39.3 Å². The maximum atomic E-state index is 12.7. The molecular weight excluding hydrogens is 336 g/mol. The van der Waals surface area contributed by atoms with Gasteiger partial charge in [0.1, 0.15) is 0 Å². The van der Waals surface area contributed by atoms with E-state index in [1.807, 2.05) is 0 Å². The van der Waals surface area contributed by atoms with Gasteiger partial charge in [-0.3, -0.25) is 0 Å². The van der Waals surface area contributed by atoms with E-state index < -0.39 is 21.9 Å². The molecule has 1 fully saturated rings. The van der Waals surface area contributed by atoms with E-state index in [1.165, 1.54) is 7.11 Å². The van der Waals surface area contributed by atoms with Crippen LogP contribution in [0.1, 0.15) is 13.8 Å². The zero-order valence-corrected chi connectivity index (χ0v) is 18.6. The van der Waals surface area contributed by atoms with Crippen LogP contribution < -0.4 is 0 Å². The van der Waals surface area contributed by atoms with Crippen molar-refractivity contribution in [3.05, 3.63) is 22.0 Å². The molecule has 0 atom stereocenters. The number of hydrogen-bond acceptors (Lipinski definition) is 4. The van der Waals surface area contributed by atoms with Crippen molar-refractivity contribution in [2.75, 3.05) is 20.3 Å². The van der Waals surface area contributed by atoms with Gasteiger partial charge in [-0.2, -0.15) is 0 Å². The Morgan fingerprint density at radius 3 is 1.92 bits per heavy atom. The molecule has 0 N–H and O–H groups in total. The molecule has 0 aromatic heterocycles. The molecule has 6 heteroatoms. The van der Waals surface area contributed by atoms with Gasteiger partial charge in [-0.05, 0) is 10.4 Å². The van der Waals surface area contributed by atoms with Crippen LogP contribution in [-0.2, 0) is 19.0 Å². The minimum atomic E-state index is -1.77. The first-order chi connectivity index (χ1) is 10.7. The molecular formula is C18H32O4Si2. The monoisotopic (exact) mass is 368 g/mol. The van der Waals surface area contributed by atoms with E-state index in [-0.39, 0.29) is 11.4 Å². The second-order valence-corrected chi connectivity index (χ2v) is 19.8. The maximum Gasteiger partial charge on any atom is 0.339 e. The summed E-state index contributed by atoms with van der Waals surface area (Å²) in [5.41, 5.74) is 0.538. The Bertz CT molecular complexity index is 593. The highest BCUT2D eigenvalue weighted by Gasteiger charge is 2.57. The molecule has 0 radical (unpaired) electrons. The number of allylic oxidation sites excluding steroid dienone is 2. The number of carbonyl (C=O) groups is 1. The van der Waals surface area contributed by atoms with E-state index in [2.05, 4.69) is 59.2 Å². The number of rotatable bonds is 3. The van der Waals surface area contributed by atoms with Crippen LogP contribution in [0.4, 0.5) is 0 Å². The van der Waals surface area contributed by atoms with Gasteiger partial charge in [-0.15, -0.1) is 0 Å². The summed E-state index contributed by atoms with van der Waals surface area (Å²) in [6.45, 7) is 18.9. The van der Waals surface area contributed by atoms with Crippen LogP contribution in [0.15, 0.2) is 22.0 Å². The second-order valence-electron chi connectivity index (χ2n) is 9.70. The van der Waals surface area contributed by atoms with Crippen LogP contribution in [0, 0.1) is 5.41 Å². The summed E-state index contributed by atoms with van der Waals surface area (Å²) in [4.78, 5) is 12.7. The van der Waals surface area contributed by atoms with E-state index in [0.717, 1.165) is 10.4 Å². The van der Waals surface area contributed by atoms with Crippen molar-refractivity contribution < 1.29 is 19.0 Å². The molecule has 0 aromatic rings. The molecule has 0 saturated carbocycles. The first-order valence-corrected chi connectivity index (χ1v) is 15.6. The first kappa shape index (κ1) is 19.6. The molecule has 0 bridgehead atoms. The quantitative estimate of drug-likeness (QED) is 0.559. The Morgan fingerprint density at radius 2 is 1.54 bits per heavy atom. The third kappa shape index (κ3) is 3.34. The van der Waals surface area contributed by atoms with Crippen molar-refractivity contribution in [3.8, 4) is 0 Å². The van der Waals surface area contributed by atoms with E-state index in [0.29, 0.717) is 18.8 Å². The highest BCUT2D eigenvalue weighted by molar-refractivity contribution is 6.87. The third-order valence-corrected chi connectivity index (χ3v) is 8.68. The molecule has 1 heterocycles. The van der Waals surface area contributed by atoms with Crippen molar-refractivity contribution in [1.29, 1.82) is 0 Å². The fraction of sp³-hybridized carbons (Fsp3) is 0.722. The van der Waals surface area contributed by atoms with Crippen LogP contribution in [0.25, 0.3) is 0 Å². The Morgan fingerprint density at radius 1 is 1.04 bits per heavy atom. The van der Waals surface area contributed by atoms with Crippen LogP contribution in [-0.4, -0.2) is 48.2 Å². The number of hydrogen-bond donors (Lipinski definition) is 0. The molecule has 2 rings (SSSR count). The van der Waals surface area contributed by atoms with Gasteiger partial charge in [0.2, 0.25) is 5.79 Å². The summed E-state index contributed by atoms with van der Waals surface area (Å²) < 4.78 is 17.8. The lowest BCUT2D eigenvalue weighted by Crippen LogP contribution is -2.54. The summed E-state index contributed by atoms with van der Waals surface area (Å²) in [5, 5.41) is 2.26. The fourth-order valence-corrected chi connectivity index (χ4v) is 6.82. The lowest BCUT2D eigenvalue weighted by molar-refractivity contribution is -0.254. The number of methoxy groups -OCH3 is 1. The third-order valence-electron chi connectivity index (χ3n) is 4.58. The van der Waals surface area contributed by atoms with E-state index in [4.69, 9.17) is 14.2 Å². The topological polar surface area (TPSA) is 44.8 Å². The van der Waals surface area contributed by atoms with Crippen molar-refractivity contribution in [3.63, 3.8) is 0 Å². The van der Waals surface area contributed by atoms with Gasteiger partial charge in [0.15, 0.2) is 0 Å². The van der Waals surface area contributed by atoms with E-state index >= 15 is 0 Å². The molecule has 1 spiro atoms. The maximum absolute atomic E-state index is 12.7. The number of carbonyl (C=O) groups excluding carboxylic acids is 1. The van der Waals surface area contributed by atoms with Crippen LogP contribution in [0.3, 0.4) is 0 Å². The minimum Gasteiger partial charge on any atom is -0.465 e. The molecule has 0 amide bonds. The van der Waals surface area contributed by atoms with Gasteiger partial charge in [0.25, 0.3) is 0 Å². The molecule has 0 aromatic carbocycles. The van der Waals surface area contributed by atoms with Gasteiger partial charge in [-0.1, -0.05) is 59.2 Å². The van der Waals surface area contributed by atoms with Gasteiger partial charge in [-0.25, -0.2) is 4.79 Å². The average molecular weight is 369 g/mol. The van der Waals surface area contributed by atoms with Gasteiger partial charge < -0.3 is 14.2 Å². The lowest BCUT2D eigenvalue weighted by atomic mass is 9.94. The molecule has 2 aliphatic rings. The standard InChI is InChI=1S/C18H32O4Si2/c1-17(2)11-21-18(22-12-17)14(24(7,8)9)10-13(23(4,5)6)15(18)16(19)20-3/h10H,11-12H2,1-9H3. The van der Waals surface area contributed by atoms with E-state index in [1.54, 1.807) is 0 Å². The van der Waals surface area contributed by atoms with Gasteiger partial charge in [0, 0.05) is 5.41 Å². The SMILES string of the molecule is COC(=O)C1=C([Si](C)(C)C)C=C([Si](C)(C)C)C12OCC(C)(C)CO2. The van der Waals surface area contributed by atoms with Crippen LogP contribution in [0.5, 0.6) is 0 Å². The van der Waals surface area contributed by atoms with Crippen molar-refractivity contribution >= 4 is 22.1 Å². The first-order valence-electron chi connectivity index (χ1n) is 8.59. The highest BCUT2D eigenvalue weighted by Crippen LogP contribution is 2.49. The molecule has 1 saturated heterocycles. The van der Waals surface area contributed by atoms with Crippen molar-refractivity contribution in [1.82, 2.24) is 0 Å². The number of esters is 1. The number of ether oxygens (including phenoxy) is 3. The Balaban J connectivity index is 2.68. The Kier molecular flexibility index (Phi) is 4.85. The minimum absolute atomic E-state index is 0.0566. The Labute approximate surface area is 148 Å². The zero-order chi connectivity index (χ0) is 18.6. The predicted molar refractivity (Wildman–Crippen MR) is 102 cm³/mol. The largest absolute Gasteiger partial charge is 0.465 e. The molecule has 0 unspecified atom stereocenters. The summed E-state index contributed by atoms with van der Waals surface area (Å²) >= 11 is 0. The van der Waals surface area contributed by atoms with Gasteiger partial charge in [0.05, 0.1) is 42.0 Å². The molecule has 4 nitrogen and oxygen atoms in total. The summed E-state index contributed by atoms with van der Waals surface area (Å²) in [6.07, 6.45) is 2.21. The normalized spacial score (nSPS) is 23.5.